The highest BCUT2D eigenvalue weighted by molar-refractivity contribution is 5.86. The third kappa shape index (κ3) is 2.74. The van der Waals surface area contributed by atoms with Gasteiger partial charge in [0.15, 0.2) is 6.61 Å². The van der Waals surface area contributed by atoms with Crippen LogP contribution in [0.2, 0.25) is 0 Å². The summed E-state index contributed by atoms with van der Waals surface area (Å²) < 4.78 is 41.1. The van der Waals surface area contributed by atoms with Gasteiger partial charge in [-0.1, -0.05) is 0 Å². The molecule has 0 atom stereocenters. The van der Waals surface area contributed by atoms with Gasteiger partial charge in [0.1, 0.15) is 0 Å². The number of pyridine rings is 1. The maximum Gasteiger partial charge on any atom is 0.422 e. The van der Waals surface area contributed by atoms with Crippen LogP contribution in [0.15, 0.2) is 18.3 Å². The highest BCUT2D eigenvalue weighted by Crippen LogP contribution is 2.79. The van der Waals surface area contributed by atoms with Crippen molar-refractivity contribution in [2.24, 2.45) is 16.7 Å². The summed E-state index contributed by atoms with van der Waals surface area (Å²) in [7, 11) is 0. The fourth-order valence-corrected chi connectivity index (χ4v) is 4.40. The molecule has 130 valence electrons. The number of carbonyl (C=O) groups excluding carboxylic acids is 1. The van der Waals surface area contributed by atoms with Gasteiger partial charge >= 0.3 is 6.18 Å². The highest BCUT2D eigenvalue weighted by atomic mass is 19.4. The summed E-state index contributed by atoms with van der Waals surface area (Å²) >= 11 is 0. The lowest BCUT2D eigenvalue weighted by molar-refractivity contribution is -0.216. The number of aromatic nitrogens is 1. The van der Waals surface area contributed by atoms with E-state index in [2.05, 4.69) is 15.0 Å². The van der Waals surface area contributed by atoms with E-state index in [0.29, 0.717) is 11.0 Å². The Morgan fingerprint density at radius 1 is 1.33 bits per heavy atom. The van der Waals surface area contributed by atoms with Crippen LogP contribution in [0.3, 0.4) is 0 Å². The summed E-state index contributed by atoms with van der Waals surface area (Å²) in [5.41, 5.74) is 0.969. The monoisotopic (exact) mass is 340 g/mol. The summed E-state index contributed by atoms with van der Waals surface area (Å²) in [4.78, 5) is 16.1. The van der Waals surface area contributed by atoms with Gasteiger partial charge in [0, 0.05) is 18.8 Å². The van der Waals surface area contributed by atoms with Crippen molar-refractivity contribution in [1.82, 2.24) is 10.3 Å². The minimum atomic E-state index is -4.40. The SMILES string of the molecule is O=C(NCc1ccnc(OCC(F)(F)F)c1)C12CC(C3CC3)(C1)C2. The van der Waals surface area contributed by atoms with Gasteiger partial charge in [-0.3, -0.25) is 4.79 Å². The molecule has 1 aromatic rings. The fraction of sp³-hybridized carbons (Fsp3) is 0.647. The number of rotatable bonds is 6. The van der Waals surface area contributed by atoms with E-state index in [0.717, 1.165) is 25.2 Å². The van der Waals surface area contributed by atoms with Gasteiger partial charge in [-0.15, -0.1) is 0 Å². The molecule has 0 unspecified atom stereocenters. The lowest BCUT2D eigenvalue weighted by atomic mass is 9.33. The zero-order valence-electron chi connectivity index (χ0n) is 13.2. The Bertz CT molecular complexity index is 650. The second-order valence-electron chi connectivity index (χ2n) is 7.54. The van der Waals surface area contributed by atoms with Crippen molar-refractivity contribution in [2.75, 3.05) is 6.61 Å². The van der Waals surface area contributed by atoms with Crippen LogP contribution in [-0.4, -0.2) is 23.7 Å². The molecule has 1 heterocycles. The van der Waals surface area contributed by atoms with Gasteiger partial charge in [-0.05, 0) is 55.1 Å². The number of nitrogens with zero attached hydrogens (tertiary/aromatic N) is 1. The summed E-state index contributed by atoms with van der Waals surface area (Å²) in [6.45, 7) is -1.09. The fourth-order valence-electron chi connectivity index (χ4n) is 4.40. The number of ether oxygens (including phenoxy) is 1. The third-order valence-corrected chi connectivity index (χ3v) is 5.63. The van der Waals surface area contributed by atoms with Gasteiger partial charge in [-0.25, -0.2) is 4.98 Å². The zero-order valence-corrected chi connectivity index (χ0v) is 13.2. The second-order valence-corrected chi connectivity index (χ2v) is 7.54. The van der Waals surface area contributed by atoms with Crippen LogP contribution in [0, 0.1) is 16.7 Å². The lowest BCUT2D eigenvalue weighted by Crippen LogP contribution is -2.68. The van der Waals surface area contributed by atoms with Crippen molar-refractivity contribution < 1.29 is 22.7 Å². The second kappa shape index (κ2) is 5.10. The minimum absolute atomic E-state index is 0.0691. The highest BCUT2D eigenvalue weighted by Gasteiger charge is 2.74. The molecule has 4 saturated carbocycles. The number of halogens is 3. The molecule has 2 bridgehead atoms. The van der Waals surface area contributed by atoms with Crippen molar-refractivity contribution in [2.45, 2.75) is 44.8 Å². The molecule has 7 heteroatoms. The topological polar surface area (TPSA) is 51.2 Å². The van der Waals surface area contributed by atoms with Gasteiger partial charge in [0.25, 0.3) is 0 Å². The summed E-state index contributed by atoms with van der Waals surface area (Å²) in [5, 5.41) is 2.91. The summed E-state index contributed by atoms with van der Waals surface area (Å²) in [6, 6.07) is 3.09. The van der Waals surface area contributed by atoms with E-state index in [1.54, 1.807) is 6.07 Å². The van der Waals surface area contributed by atoms with Crippen LogP contribution in [0.25, 0.3) is 0 Å². The van der Waals surface area contributed by atoms with Gasteiger partial charge in [0.05, 0.1) is 5.41 Å². The summed E-state index contributed by atoms with van der Waals surface area (Å²) in [6.07, 6.45) is 2.64. The molecule has 1 amide bonds. The molecule has 0 aliphatic heterocycles. The number of hydrogen-bond acceptors (Lipinski definition) is 3. The maximum absolute atomic E-state index is 12.4. The van der Waals surface area contributed by atoms with Crippen LogP contribution in [0.5, 0.6) is 5.88 Å². The van der Waals surface area contributed by atoms with E-state index >= 15 is 0 Å². The molecule has 4 fully saturated rings. The van der Waals surface area contributed by atoms with E-state index in [4.69, 9.17) is 0 Å². The van der Waals surface area contributed by atoms with Crippen molar-refractivity contribution in [3.05, 3.63) is 23.9 Å². The van der Waals surface area contributed by atoms with Crippen molar-refractivity contribution in [1.29, 1.82) is 0 Å². The van der Waals surface area contributed by atoms with E-state index in [1.807, 2.05) is 0 Å². The van der Waals surface area contributed by atoms with Gasteiger partial charge in [0.2, 0.25) is 11.8 Å². The van der Waals surface area contributed by atoms with Crippen LogP contribution >= 0.6 is 0 Å². The molecule has 0 aromatic carbocycles. The van der Waals surface area contributed by atoms with Crippen LogP contribution in [0.1, 0.15) is 37.7 Å². The molecule has 4 aliphatic rings. The van der Waals surface area contributed by atoms with Crippen molar-refractivity contribution in [3.63, 3.8) is 0 Å². The number of carbonyl (C=O) groups is 1. The molecular formula is C17H19F3N2O2. The Morgan fingerprint density at radius 2 is 2.04 bits per heavy atom. The number of alkyl halides is 3. The van der Waals surface area contributed by atoms with E-state index < -0.39 is 12.8 Å². The first kappa shape index (κ1) is 15.7. The number of hydrogen-bond donors (Lipinski definition) is 1. The smallest absolute Gasteiger partial charge is 0.422 e. The average Bonchev–Trinajstić information content (AvgIpc) is 3.25. The first-order valence-electron chi connectivity index (χ1n) is 8.23. The van der Waals surface area contributed by atoms with Crippen molar-refractivity contribution in [3.8, 4) is 5.88 Å². The van der Waals surface area contributed by atoms with Crippen LogP contribution < -0.4 is 10.1 Å². The first-order chi connectivity index (χ1) is 11.3. The molecule has 5 rings (SSSR count). The maximum atomic E-state index is 12.4. The van der Waals surface area contributed by atoms with E-state index in [9.17, 15) is 18.0 Å². The molecule has 4 aliphatic carbocycles. The molecule has 0 spiro atoms. The Balaban J connectivity index is 1.28. The van der Waals surface area contributed by atoms with E-state index in [1.165, 1.54) is 25.1 Å². The molecule has 0 saturated heterocycles. The van der Waals surface area contributed by atoms with Crippen LogP contribution in [0.4, 0.5) is 13.2 Å². The Kier molecular flexibility index (Phi) is 3.34. The number of amides is 1. The molecular weight excluding hydrogens is 321 g/mol. The molecule has 1 N–H and O–H groups in total. The third-order valence-electron chi connectivity index (χ3n) is 5.63. The Hall–Kier alpha value is -1.79. The van der Waals surface area contributed by atoms with Gasteiger partial charge < -0.3 is 10.1 Å². The quantitative estimate of drug-likeness (QED) is 0.865. The number of nitrogens with one attached hydrogen (secondary N) is 1. The Morgan fingerprint density at radius 3 is 2.67 bits per heavy atom. The van der Waals surface area contributed by atoms with Crippen molar-refractivity contribution >= 4 is 5.91 Å². The van der Waals surface area contributed by atoms with Gasteiger partial charge in [-0.2, -0.15) is 13.2 Å². The predicted molar refractivity (Wildman–Crippen MR) is 79.1 cm³/mol. The summed E-state index contributed by atoms with van der Waals surface area (Å²) in [5.74, 6) is 0.831. The minimum Gasteiger partial charge on any atom is -0.468 e. The Labute approximate surface area is 137 Å². The zero-order chi connectivity index (χ0) is 17.0. The normalized spacial score (nSPS) is 31.0. The predicted octanol–water partition coefficient (Wildman–Crippen LogP) is 3.22. The lowest BCUT2D eigenvalue weighted by Gasteiger charge is -2.70. The van der Waals surface area contributed by atoms with Crippen LogP contribution in [-0.2, 0) is 11.3 Å². The molecule has 24 heavy (non-hydrogen) atoms. The first-order valence-corrected chi connectivity index (χ1v) is 8.23. The molecule has 0 radical (unpaired) electrons. The largest absolute Gasteiger partial charge is 0.468 e. The average molecular weight is 340 g/mol. The molecule has 4 nitrogen and oxygen atoms in total. The standard InChI is InChI=1S/C17H19F3N2O2/c18-17(19,20)10-24-13-5-11(3-4-21-13)6-22-14(23)16-7-15(8-16,9-16)12-1-2-12/h3-5,12H,1-2,6-10H2,(H,22,23). The van der Waals surface area contributed by atoms with E-state index in [-0.39, 0.29) is 23.7 Å². The molecule has 1 aromatic heterocycles.